The molecule has 3 atom stereocenters. The van der Waals surface area contributed by atoms with E-state index in [4.69, 9.17) is 4.74 Å². The summed E-state index contributed by atoms with van der Waals surface area (Å²) in [6.45, 7) is 3.94. The lowest BCUT2D eigenvalue weighted by atomic mass is 10.1. The molecule has 0 bridgehead atoms. The van der Waals surface area contributed by atoms with Gasteiger partial charge in [-0.15, -0.1) is 0 Å². The Morgan fingerprint density at radius 1 is 1.19 bits per heavy atom. The van der Waals surface area contributed by atoms with Crippen LogP contribution in [0.3, 0.4) is 0 Å². The fourth-order valence-electron chi connectivity index (χ4n) is 4.78. The van der Waals surface area contributed by atoms with Crippen molar-refractivity contribution in [1.82, 2.24) is 14.8 Å². The number of aromatic nitrogens is 1. The summed E-state index contributed by atoms with van der Waals surface area (Å²) in [5.74, 6) is -1.22. The average molecular weight is 429 g/mol. The van der Waals surface area contributed by atoms with Gasteiger partial charge in [0.1, 0.15) is 17.2 Å². The van der Waals surface area contributed by atoms with Gasteiger partial charge in [0.25, 0.3) is 11.5 Å². The fourth-order valence-corrected chi connectivity index (χ4v) is 4.78. The number of nitrogens with one attached hydrogen (secondary N) is 1. The lowest BCUT2D eigenvalue weighted by Gasteiger charge is -2.35. The van der Waals surface area contributed by atoms with Gasteiger partial charge in [-0.25, -0.2) is 8.78 Å². The van der Waals surface area contributed by atoms with Crippen molar-refractivity contribution in [1.29, 1.82) is 0 Å². The molecule has 3 heterocycles. The molecule has 1 aromatic heterocycles. The second kappa shape index (κ2) is 7.84. The average Bonchev–Trinajstić information content (AvgIpc) is 3.50. The van der Waals surface area contributed by atoms with Gasteiger partial charge in [0.2, 0.25) is 0 Å². The van der Waals surface area contributed by atoms with Crippen LogP contribution in [0.1, 0.15) is 35.2 Å². The Hall–Kier alpha value is -2.58. The van der Waals surface area contributed by atoms with E-state index in [-0.39, 0.29) is 29.4 Å². The normalized spacial score (nSPS) is 26.0. The molecule has 3 fully saturated rings. The Balaban J connectivity index is 1.35. The van der Waals surface area contributed by atoms with Gasteiger partial charge in [-0.3, -0.25) is 19.1 Å². The molecule has 8 heteroatoms. The molecule has 5 rings (SSSR count). The van der Waals surface area contributed by atoms with E-state index in [0.717, 1.165) is 42.3 Å². The number of rotatable bonds is 4. The van der Waals surface area contributed by atoms with E-state index >= 15 is 0 Å². The van der Waals surface area contributed by atoms with E-state index in [1.807, 2.05) is 0 Å². The van der Waals surface area contributed by atoms with Crippen LogP contribution in [0.5, 0.6) is 0 Å². The van der Waals surface area contributed by atoms with E-state index in [1.54, 1.807) is 13.0 Å². The minimum absolute atomic E-state index is 0.0526. The van der Waals surface area contributed by atoms with Gasteiger partial charge in [-0.1, -0.05) is 0 Å². The Labute approximate surface area is 178 Å². The molecule has 0 unspecified atom stereocenters. The molecule has 1 amide bonds. The number of ether oxygens (including phenoxy) is 1. The first-order valence-corrected chi connectivity index (χ1v) is 10.7. The van der Waals surface area contributed by atoms with Crippen molar-refractivity contribution in [3.8, 4) is 5.69 Å². The van der Waals surface area contributed by atoms with Gasteiger partial charge in [0.05, 0.1) is 18.4 Å². The van der Waals surface area contributed by atoms with Crippen LogP contribution in [0, 0.1) is 24.5 Å². The third-order valence-corrected chi connectivity index (χ3v) is 6.62. The monoisotopic (exact) mass is 429 g/mol. The number of carbonyl (C=O) groups excluding carboxylic acids is 1. The van der Waals surface area contributed by atoms with E-state index in [2.05, 4.69) is 10.2 Å². The molecule has 3 aliphatic rings. The number of morpholine rings is 1. The van der Waals surface area contributed by atoms with Crippen molar-refractivity contribution < 1.29 is 18.3 Å². The zero-order valence-electron chi connectivity index (χ0n) is 17.3. The van der Waals surface area contributed by atoms with E-state index in [9.17, 15) is 18.4 Å². The highest BCUT2D eigenvalue weighted by Gasteiger charge is 2.42. The van der Waals surface area contributed by atoms with Crippen LogP contribution in [0.4, 0.5) is 8.78 Å². The molecule has 1 aliphatic carbocycles. The quantitative estimate of drug-likeness (QED) is 0.811. The van der Waals surface area contributed by atoms with Crippen LogP contribution < -0.4 is 10.9 Å². The Morgan fingerprint density at radius 2 is 2.00 bits per heavy atom. The lowest BCUT2D eigenvalue weighted by molar-refractivity contribution is -0.0581. The Morgan fingerprint density at radius 3 is 2.77 bits per heavy atom. The second-order valence-electron chi connectivity index (χ2n) is 8.87. The number of halogens is 2. The van der Waals surface area contributed by atoms with Crippen molar-refractivity contribution in [3.05, 3.63) is 63.6 Å². The third kappa shape index (κ3) is 3.90. The van der Waals surface area contributed by atoms with Gasteiger partial charge in [-0.05, 0) is 55.9 Å². The van der Waals surface area contributed by atoms with Crippen molar-refractivity contribution >= 4 is 5.91 Å². The molecular formula is C23H25F2N3O3. The van der Waals surface area contributed by atoms with Gasteiger partial charge >= 0.3 is 0 Å². The summed E-state index contributed by atoms with van der Waals surface area (Å²) in [5.41, 5.74) is -0.457. The number of hydrogen-bond acceptors (Lipinski definition) is 4. The summed E-state index contributed by atoms with van der Waals surface area (Å²) in [6.07, 6.45) is 4.87. The number of nitrogens with zero attached hydrogens (tertiary/aromatic N) is 2. The maximum absolute atomic E-state index is 14.2. The Kier molecular flexibility index (Phi) is 5.14. The summed E-state index contributed by atoms with van der Waals surface area (Å²) in [4.78, 5) is 28.4. The van der Waals surface area contributed by atoms with E-state index in [1.165, 1.54) is 19.0 Å². The number of carbonyl (C=O) groups is 1. The maximum Gasteiger partial charge on any atom is 0.268 e. The predicted molar refractivity (Wildman–Crippen MR) is 110 cm³/mol. The summed E-state index contributed by atoms with van der Waals surface area (Å²) in [6, 6.07) is 4.64. The van der Waals surface area contributed by atoms with Crippen molar-refractivity contribution in [3.63, 3.8) is 0 Å². The number of aryl methyl sites for hydroxylation is 1. The predicted octanol–water partition coefficient (Wildman–Crippen LogP) is 2.41. The zero-order chi connectivity index (χ0) is 21.7. The van der Waals surface area contributed by atoms with Gasteiger partial charge in [0, 0.05) is 37.4 Å². The summed E-state index contributed by atoms with van der Waals surface area (Å²) >= 11 is 0. The molecule has 1 saturated carbocycles. The van der Waals surface area contributed by atoms with Crippen molar-refractivity contribution in [2.24, 2.45) is 5.92 Å². The smallest absolute Gasteiger partial charge is 0.268 e. The number of benzene rings is 1. The number of pyridine rings is 1. The molecular weight excluding hydrogens is 404 g/mol. The van der Waals surface area contributed by atoms with Gasteiger partial charge < -0.3 is 10.1 Å². The third-order valence-electron chi connectivity index (χ3n) is 6.62. The molecule has 31 heavy (non-hydrogen) atoms. The zero-order valence-corrected chi connectivity index (χ0v) is 17.3. The van der Waals surface area contributed by atoms with Gasteiger partial charge in [0.15, 0.2) is 0 Å². The first kappa shape index (κ1) is 20.3. The standard InChI is InChI=1S/C23H25F2N3O3/c1-13-6-7-28(19-8-15(24)4-5-18(19)25)23(30)21(13)22(29)26-16-9-17-12-31-20(14-2-3-14)11-27(17)10-16/h4-8,14,16-17,20H,2-3,9-12H2,1H3,(H,26,29)/t16-,17+,20-/m1/s1. The van der Waals surface area contributed by atoms with Crippen LogP contribution >= 0.6 is 0 Å². The lowest BCUT2D eigenvalue weighted by Crippen LogP contribution is -2.47. The first-order valence-electron chi connectivity index (χ1n) is 10.7. The largest absolute Gasteiger partial charge is 0.375 e. The highest BCUT2D eigenvalue weighted by molar-refractivity contribution is 5.95. The van der Waals surface area contributed by atoms with E-state index in [0.29, 0.717) is 18.1 Å². The second-order valence-corrected chi connectivity index (χ2v) is 8.87. The number of amides is 1. The summed E-state index contributed by atoms with van der Waals surface area (Å²) < 4.78 is 34.8. The van der Waals surface area contributed by atoms with Crippen LogP contribution in [0.25, 0.3) is 5.69 Å². The van der Waals surface area contributed by atoms with Crippen LogP contribution in [0.15, 0.2) is 35.3 Å². The summed E-state index contributed by atoms with van der Waals surface area (Å²) in [7, 11) is 0. The van der Waals surface area contributed by atoms with Crippen molar-refractivity contribution in [2.45, 2.75) is 44.4 Å². The molecule has 0 spiro atoms. The minimum Gasteiger partial charge on any atom is -0.375 e. The fraction of sp³-hybridized carbons (Fsp3) is 0.478. The Bertz CT molecular complexity index is 1080. The van der Waals surface area contributed by atoms with Crippen LogP contribution in [0.2, 0.25) is 0 Å². The molecule has 2 saturated heterocycles. The van der Waals surface area contributed by atoms with Crippen molar-refractivity contribution in [2.75, 3.05) is 19.7 Å². The maximum atomic E-state index is 14.2. The molecule has 164 valence electrons. The van der Waals surface area contributed by atoms with Gasteiger partial charge in [-0.2, -0.15) is 0 Å². The molecule has 2 aromatic rings. The molecule has 6 nitrogen and oxygen atoms in total. The molecule has 1 aromatic carbocycles. The molecule has 1 N–H and O–H groups in total. The number of fused-ring (bicyclic) bond motifs is 1. The topological polar surface area (TPSA) is 63.6 Å². The van der Waals surface area contributed by atoms with Crippen LogP contribution in [-0.4, -0.2) is 53.3 Å². The SMILES string of the molecule is Cc1ccn(-c2cc(F)ccc2F)c(=O)c1C(=O)N[C@@H]1C[C@H]2CO[C@@H](C3CC3)CN2C1. The van der Waals surface area contributed by atoms with E-state index < -0.39 is 23.1 Å². The highest BCUT2D eigenvalue weighted by Crippen LogP contribution is 2.37. The first-order chi connectivity index (χ1) is 14.9. The minimum atomic E-state index is -0.739. The van der Waals surface area contributed by atoms with Crippen LogP contribution in [-0.2, 0) is 4.74 Å². The number of hydrogen-bond donors (Lipinski definition) is 1. The molecule has 0 radical (unpaired) electrons. The highest BCUT2D eigenvalue weighted by atomic mass is 19.1. The molecule has 2 aliphatic heterocycles. The summed E-state index contributed by atoms with van der Waals surface area (Å²) in [5, 5.41) is 2.98.